The molecule has 1 heterocycles. The number of carbonyl (C=O) groups excluding carboxylic acids is 2. The average molecular weight is 300 g/mol. The monoisotopic (exact) mass is 300 g/mol. The Morgan fingerprint density at radius 2 is 2.00 bits per heavy atom. The van der Waals surface area contributed by atoms with E-state index in [9.17, 15) is 9.59 Å². The Kier molecular flexibility index (Phi) is 3.60. The normalized spacial score (nSPS) is 17.3. The molecule has 2 amide bonds. The molecule has 1 aliphatic rings. The molecule has 0 saturated heterocycles. The predicted molar refractivity (Wildman–Crippen MR) is 83.2 cm³/mol. The van der Waals surface area contributed by atoms with E-state index in [2.05, 4.69) is 10.3 Å². The van der Waals surface area contributed by atoms with E-state index in [0.717, 1.165) is 30.3 Å². The first-order valence-electron chi connectivity index (χ1n) is 7.55. The summed E-state index contributed by atoms with van der Waals surface area (Å²) < 4.78 is 1.89. The number of benzene rings is 1. The minimum absolute atomic E-state index is 0.270. The summed E-state index contributed by atoms with van der Waals surface area (Å²) in [4.78, 5) is 28.6. The van der Waals surface area contributed by atoms with Crippen molar-refractivity contribution in [3.8, 4) is 0 Å². The molecule has 1 aromatic carbocycles. The number of nitrogens with two attached hydrogens (primary N) is 1. The van der Waals surface area contributed by atoms with E-state index in [0.29, 0.717) is 18.4 Å². The van der Waals surface area contributed by atoms with Crippen LogP contribution in [0.5, 0.6) is 0 Å². The number of primary amides is 1. The van der Waals surface area contributed by atoms with E-state index in [-0.39, 0.29) is 5.91 Å². The highest BCUT2D eigenvalue weighted by atomic mass is 16.2. The van der Waals surface area contributed by atoms with Gasteiger partial charge in [-0.3, -0.25) is 9.59 Å². The van der Waals surface area contributed by atoms with Crippen molar-refractivity contribution in [1.29, 1.82) is 0 Å². The maximum absolute atomic E-state index is 12.5. The summed E-state index contributed by atoms with van der Waals surface area (Å²) in [7, 11) is 1.90. The number of hydrogen-bond donors (Lipinski definition) is 2. The Balaban J connectivity index is 1.86. The number of rotatable bonds is 3. The molecule has 0 unspecified atom stereocenters. The molecule has 0 atom stereocenters. The third-order valence-electron chi connectivity index (χ3n) is 4.52. The number of fused-ring (bicyclic) bond motifs is 1. The number of hydrogen-bond acceptors (Lipinski definition) is 3. The van der Waals surface area contributed by atoms with Gasteiger partial charge in [-0.05, 0) is 31.0 Å². The van der Waals surface area contributed by atoms with E-state index in [1.165, 1.54) is 0 Å². The van der Waals surface area contributed by atoms with Crippen molar-refractivity contribution in [1.82, 2.24) is 14.9 Å². The molecule has 1 aromatic heterocycles. The fourth-order valence-electron chi connectivity index (χ4n) is 3.16. The SMILES string of the molecule is Cn1cnc2cc(C(=O)NC3(C(N)=O)CCCCC3)ccc21. The molecule has 1 aliphatic carbocycles. The number of nitrogens with one attached hydrogen (secondary N) is 1. The highest BCUT2D eigenvalue weighted by molar-refractivity contribution is 6.00. The van der Waals surface area contributed by atoms with Crippen LogP contribution in [0.2, 0.25) is 0 Å². The second kappa shape index (κ2) is 5.44. The fraction of sp³-hybridized carbons (Fsp3) is 0.438. The third kappa shape index (κ3) is 2.45. The largest absolute Gasteiger partial charge is 0.368 e. The third-order valence-corrected chi connectivity index (χ3v) is 4.52. The van der Waals surface area contributed by atoms with Crippen molar-refractivity contribution in [2.75, 3.05) is 0 Å². The number of nitrogens with zero attached hydrogens (tertiary/aromatic N) is 2. The Morgan fingerprint density at radius 3 is 2.68 bits per heavy atom. The quantitative estimate of drug-likeness (QED) is 0.900. The molecule has 0 spiro atoms. The van der Waals surface area contributed by atoms with Crippen LogP contribution in [0.4, 0.5) is 0 Å². The van der Waals surface area contributed by atoms with Gasteiger partial charge in [0.05, 0.1) is 17.4 Å². The second-order valence-corrected chi connectivity index (χ2v) is 6.02. The minimum Gasteiger partial charge on any atom is -0.368 e. The zero-order valence-electron chi connectivity index (χ0n) is 12.6. The Hall–Kier alpha value is -2.37. The van der Waals surface area contributed by atoms with Crippen LogP contribution in [0.3, 0.4) is 0 Å². The molecule has 0 aliphatic heterocycles. The molecule has 2 aromatic rings. The summed E-state index contributed by atoms with van der Waals surface area (Å²) in [6.07, 6.45) is 5.81. The maximum atomic E-state index is 12.5. The van der Waals surface area contributed by atoms with Crippen LogP contribution in [0.25, 0.3) is 11.0 Å². The van der Waals surface area contributed by atoms with Crippen molar-refractivity contribution >= 4 is 22.8 Å². The Morgan fingerprint density at radius 1 is 1.27 bits per heavy atom. The average Bonchev–Trinajstić information content (AvgIpc) is 2.89. The van der Waals surface area contributed by atoms with Gasteiger partial charge in [0, 0.05) is 12.6 Å². The smallest absolute Gasteiger partial charge is 0.252 e. The second-order valence-electron chi connectivity index (χ2n) is 6.02. The van der Waals surface area contributed by atoms with E-state index >= 15 is 0 Å². The van der Waals surface area contributed by atoms with Crippen LogP contribution < -0.4 is 11.1 Å². The molecule has 3 N–H and O–H groups in total. The van der Waals surface area contributed by atoms with E-state index in [4.69, 9.17) is 5.73 Å². The first kappa shape index (κ1) is 14.6. The standard InChI is InChI=1S/C16H20N4O2/c1-20-10-18-12-9-11(5-6-13(12)20)14(21)19-16(15(17)22)7-3-2-4-8-16/h5-6,9-10H,2-4,7-8H2,1H3,(H2,17,22)(H,19,21). The van der Waals surface area contributed by atoms with Crippen LogP contribution in [-0.2, 0) is 11.8 Å². The van der Waals surface area contributed by atoms with Gasteiger partial charge in [0.15, 0.2) is 0 Å². The Bertz CT molecular complexity index is 729. The van der Waals surface area contributed by atoms with Gasteiger partial charge in [-0.25, -0.2) is 4.98 Å². The molecule has 1 saturated carbocycles. The van der Waals surface area contributed by atoms with Crippen LogP contribution in [-0.4, -0.2) is 26.9 Å². The molecule has 22 heavy (non-hydrogen) atoms. The first-order chi connectivity index (χ1) is 10.5. The van der Waals surface area contributed by atoms with Gasteiger partial charge >= 0.3 is 0 Å². The molecular weight excluding hydrogens is 280 g/mol. The van der Waals surface area contributed by atoms with Crippen molar-refractivity contribution in [2.45, 2.75) is 37.6 Å². The minimum atomic E-state index is -0.908. The van der Waals surface area contributed by atoms with Crippen LogP contribution in [0, 0.1) is 0 Å². The molecule has 6 nitrogen and oxygen atoms in total. The van der Waals surface area contributed by atoms with Gasteiger partial charge < -0.3 is 15.6 Å². The summed E-state index contributed by atoms with van der Waals surface area (Å²) in [6, 6.07) is 5.34. The van der Waals surface area contributed by atoms with Gasteiger partial charge in [-0.15, -0.1) is 0 Å². The highest BCUT2D eigenvalue weighted by Gasteiger charge is 2.39. The van der Waals surface area contributed by atoms with Gasteiger partial charge in [-0.2, -0.15) is 0 Å². The molecule has 6 heteroatoms. The molecule has 0 bridgehead atoms. The molecule has 1 fully saturated rings. The number of aryl methyl sites for hydroxylation is 1. The summed E-state index contributed by atoms with van der Waals surface area (Å²) in [6.45, 7) is 0. The summed E-state index contributed by atoms with van der Waals surface area (Å²) in [5.74, 6) is -0.715. The number of amides is 2. The van der Waals surface area contributed by atoms with Gasteiger partial charge in [0.25, 0.3) is 5.91 Å². The van der Waals surface area contributed by atoms with E-state index < -0.39 is 11.4 Å². The number of carbonyl (C=O) groups is 2. The van der Waals surface area contributed by atoms with Gasteiger partial charge in [0.1, 0.15) is 5.54 Å². The summed E-state index contributed by atoms with van der Waals surface area (Å²) in [5.41, 5.74) is 6.86. The summed E-state index contributed by atoms with van der Waals surface area (Å²) in [5, 5.41) is 2.87. The Labute approximate surface area is 128 Å². The lowest BCUT2D eigenvalue weighted by molar-refractivity contribution is -0.125. The first-order valence-corrected chi connectivity index (χ1v) is 7.55. The number of aromatic nitrogens is 2. The van der Waals surface area contributed by atoms with E-state index in [1.807, 2.05) is 17.7 Å². The molecule has 116 valence electrons. The summed E-state index contributed by atoms with van der Waals surface area (Å²) >= 11 is 0. The highest BCUT2D eigenvalue weighted by Crippen LogP contribution is 2.28. The lowest BCUT2D eigenvalue weighted by Crippen LogP contribution is -2.58. The zero-order chi connectivity index (χ0) is 15.7. The number of imidazole rings is 1. The van der Waals surface area contributed by atoms with Crippen LogP contribution in [0.1, 0.15) is 42.5 Å². The van der Waals surface area contributed by atoms with Crippen molar-refractivity contribution < 1.29 is 9.59 Å². The van der Waals surface area contributed by atoms with Crippen molar-refractivity contribution in [2.24, 2.45) is 12.8 Å². The molecular formula is C16H20N4O2. The molecule has 3 rings (SSSR count). The maximum Gasteiger partial charge on any atom is 0.252 e. The zero-order valence-corrected chi connectivity index (χ0v) is 12.6. The van der Waals surface area contributed by atoms with Crippen molar-refractivity contribution in [3.63, 3.8) is 0 Å². The predicted octanol–water partition coefficient (Wildman–Crippen LogP) is 1.49. The van der Waals surface area contributed by atoms with Gasteiger partial charge in [-0.1, -0.05) is 19.3 Å². The molecule has 0 radical (unpaired) electrons. The lowest BCUT2D eigenvalue weighted by atomic mass is 9.81. The topological polar surface area (TPSA) is 90.0 Å². The van der Waals surface area contributed by atoms with Gasteiger partial charge in [0.2, 0.25) is 5.91 Å². The van der Waals surface area contributed by atoms with Crippen LogP contribution >= 0.6 is 0 Å². The van der Waals surface area contributed by atoms with Crippen LogP contribution in [0.15, 0.2) is 24.5 Å². The van der Waals surface area contributed by atoms with E-state index in [1.54, 1.807) is 18.5 Å². The fourth-order valence-corrected chi connectivity index (χ4v) is 3.16. The van der Waals surface area contributed by atoms with Crippen molar-refractivity contribution in [3.05, 3.63) is 30.1 Å². The lowest BCUT2D eigenvalue weighted by Gasteiger charge is -2.35.